The summed E-state index contributed by atoms with van der Waals surface area (Å²) in [5.41, 5.74) is 6.62. The Kier molecular flexibility index (Phi) is 7.68. The Balaban J connectivity index is 1.35. The second kappa shape index (κ2) is 11.1. The summed E-state index contributed by atoms with van der Waals surface area (Å²) >= 11 is 5.31. The largest absolute Gasteiger partial charge is 0.573 e. The maximum Gasteiger partial charge on any atom is 0.573 e. The third kappa shape index (κ3) is 6.82. The van der Waals surface area contributed by atoms with Gasteiger partial charge < -0.3 is 14.8 Å². The van der Waals surface area contributed by atoms with E-state index in [9.17, 15) is 13.2 Å². The van der Waals surface area contributed by atoms with Crippen LogP contribution in [0.4, 0.5) is 18.9 Å². The molecule has 3 aromatic carbocycles. The van der Waals surface area contributed by atoms with Gasteiger partial charge in [-0.05, 0) is 60.6 Å². The molecule has 0 saturated carbocycles. The number of aryl methyl sites for hydroxylation is 1. The molecular weight excluding hydrogens is 505 g/mol. The molecular formula is C25H21F3N6O2S. The van der Waals surface area contributed by atoms with Crippen LogP contribution in [0.2, 0.25) is 0 Å². The van der Waals surface area contributed by atoms with Crippen LogP contribution in [0.5, 0.6) is 11.5 Å². The lowest BCUT2D eigenvalue weighted by atomic mass is 10.1. The maximum absolute atomic E-state index is 12.3. The molecule has 8 nitrogen and oxygen atoms in total. The van der Waals surface area contributed by atoms with E-state index in [1.165, 1.54) is 35.3 Å². The van der Waals surface area contributed by atoms with Gasteiger partial charge in [-0.2, -0.15) is 5.10 Å². The predicted octanol–water partition coefficient (Wildman–Crippen LogP) is 5.47. The molecule has 0 amide bonds. The van der Waals surface area contributed by atoms with E-state index in [1.807, 2.05) is 49.4 Å². The number of alkyl halides is 3. The molecule has 1 heterocycles. The summed E-state index contributed by atoms with van der Waals surface area (Å²) in [6, 6.07) is 18.4. The molecule has 4 rings (SSSR count). The Morgan fingerprint density at radius 2 is 1.78 bits per heavy atom. The summed E-state index contributed by atoms with van der Waals surface area (Å²) in [6.07, 6.45) is -1.65. The summed E-state index contributed by atoms with van der Waals surface area (Å²) in [4.78, 5) is 4.28. The highest BCUT2D eigenvalue weighted by Crippen LogP contribution is 2.27. The quantitative estimate of drug-likeness (QED) is 0.188. The van der Waals surface area contributed by atoms with Crippen molar-refractivity contribution in [3.63, 3.8) is 0 Å². The number of hydrazone groups is 1. The van der Waals surface area contributed by atoms with Gasteiger partial charge in [0.25, 0.3) is 0 Å². The van der Waals surface area contributed by atoms with Crippen molar-refractivity contribution >= 4 is 29.2 Å². The average molecular weight is 527 g/mol. The number of benzene rings is 3. The molecule has 37 heavy (non-hydrogen) atoms. The number of ether oxygens (including phenoxy) is 2. The van der Waals surface area contributed by atoms with Crippen molar-refractivity contribution in [3.8, 4) is 28.6 Å². The summed E-state index contributed by atoms with van der Waals surface area (Å²) < 4.78 is 47.7. The van der Waals surface area contributed by atoms with Gasteiger partial charge in [-0.1, -0.05) is 36.4 Å². The van der Waals surface area contributed by atoms with E-state index in [2.05, 4.69) is 30.7 Å². The zero-order chi connectivity index (χ0) is 26.4. The van der Waals surface area contributed by atoms with Crippen LogP contribution in [0.3, 0.4) is 0 Å². The molecule has 0 spiro atoms. The van der Waals surface area contributed by atoms with Crippen molar-refractivity contribution in [1.29, 1.82) is 0 Å². The van der Waals surface area contributed by atoms with Crippen LogP contribution in [-0.2, 0) is 0 Å². The van der Waals surface area contributed by atoms with Crippen LogP contribution in [0.15, 0.2) is 78.2 Å². The molecule has 1 aromatic heterocycles. The highest BCUT2D eigenvalue weighted by molar-refractivity contribution is 7.80. The minimum absolute atomic E-state index is 0.310. The van der Waals surface area contributed by atoms with E-state index in [1.54, 1.807) is 13.3 Å². The number of halogens is 3. The minimum atomic E-state index is -4.74. The third-order valence-electron chi connectivity index (χ3n) is 5.07. The van der Waals surface area contributed by atoms with Crippen LogP contribution in [0, 0.1) is 6.92 Å². The van der Waals surface area contributed by atoms with E-state index in [4.69, 9.17) is 17.0 Å². The Bertz CT molecular complexity index is 1400. The lowest BCUT2D eigenvalue weighted by Gasteiger charge is -2.13. The minimum Gasteiger partial charge on any atom is -0.495 e. The van der Waals surface area contributed by atoms with Crippen LogP contribution in [0.1, 0.15) is 11.1 Å². The number of thiocarbonyl (C=S) groups is 1. The molecule has 12 heteroatoms. The number of anilines is 1. The highest BCUT2D eigenvalue weighted by atomic mass is 32.1. The lowest BCUT2D eigenvalue weighted by Crippen LogP contribution is -2.24. The fourth-order valence-electron chi connectivity index (χ4n) is 3.32. The van der Waals surface area contributed by atoms with E-state index >= 15 is 0 Å². The first-order valence-electron chi connectivity index (χ1n) is 10.8. The molecule has 0 fully saturated rings. The molecule has 0 aliphatic carbocycles. The molecule has 0 unspecified atom stereocenters. The van der Waals surface area contributed by atoms with Gasteiger partial charge in [0.15, 0.2) is 10.9 Å². The zero-order valence-electron chi connectivity index (χ0n) is 19.7. The second-order valence-corrected chi connectivity index (χ2v) is 8.06. The lowest BCUT2D eigenvalue weighted by molar-refractivity contribution is -0.274. The van der Waals surface area contributed by atoms with E-state index in [-0.39, 0.29) is 5.75 Å². The molecule has 0 saturated heterocycles. The number of nitrogens with one attached hydrogen (secondary N) is 2. The van der Waals surface area contributed by atoms with Gasteiger partial charge in [0.05, 0.1) is 24.7 Å². The van der Waals surface area contributed by atoms with Gasteiger partial charge in [-0.15, -0.1) is 18.3 Å². The Labute approximate surface area is 215 Å². The predicted molar refractivity (Wildman–Crippen MR) is 138 cm³/mol. The molecule has 2 N–H and O–H groups in total. The molecule has 0 bridgehead atoms. The molecule has 0 aliphatic rings. The van der Waals surface area contributed by atoms with Crippen molar-refractivity contribution in [2.75, 3.05) is 12.4 Å². The number of aromatic nitrogens is 3. The van der Waals surface area contributed by atoms with Crippen LogP contribution >= 0.6 is 12.2 Å². The first kappa shape index (κ1) is 25.6. The number of hydrogen-bond acceptors (Lipinski definition) is 6. The SMILES string of the molecule is COc1cccc(C)c1NC(=S)N/N=C/c1ccc(-c2ncn(-c3ccc(OC(F)(F)F)cc3)n2)cc1. The molecule has 0 atom stereocenters. The van der Waals surface area contributed by atoms with Crippen molar-refractivity contribution in [2.45, 2.75) is 13.3 Å². The molecule has 0 aliphatic heterocycles. The Hall–Kier alpha value is -4.45. The summed E-state index contributed by atoms with van der Waals surface area (Å²) in [7, 11) is 1.59. The average Bonchev–Trinajstić information content (AvgIpc) is 3.35. The first-order valence-corrected chi connectivity index (χ1v) is 11.2. The highest BCUT2D eigenvalue weighted by Gasteiger charge is 2.31. The number of rotatable bonds is 7. The standard InChI is InChI=1S/C25H21F3N6O2S/c1-16-4-3-5-21(35-2)22(16)31-24(37)32-30-14-17-6-8-18(9-7-17)23-29-15-34(33-23)19-10-12-20(13-11-19)36-25(26,27)28/h3-15H,1-2H3,(H2,31,32,37)/b30-14+. The van der Waals surface area contributed by atoms with Gasteiger partial charge in [-0.3, -0.25) is 5.43 Å². The normalized spacial score (nSPS) is 11.4. The van der Waals surface area contributed by atoms with Gasteiger partial charge in [0, 0.05) is 5.56 Å². The topological polar surface area (TPSA) is 85.6 Å². The second-order valence-electron chi connectivity index (χ2n) is 7.65. The fourth-order valence-corrected chi connectivity index (χ4v) is 3.47. The number of hydrogen-bond donors (Lipinski definition) is 2. The smallest absolute Gasteiger partial charge is 0.495 e. The molecule has 4 aromatic rings. The third-order valence-corrected chi connectivity index (χ3v) is 5.26. The van der Waals surface area contributed by atoms with Crippen molar-refractivity contribution in [1.82, 2.24) is 20.2 Å². The van der Waals surface area contributed by atoms with Crippen molar-refractivity contribution in [3.05, 3.63) is 84.2 Å². The van der Waals surface area contributed by atoms with E-state index < -0.39 is 6.36 Å². The van der Waals surface area contributed by atoms with Crippen LogP contribution < -0.4 is 20.2 Å². The van der Waals surface area contributed by atoms with Crippen molar-refractivity contribution < 1.29 is 22.6 Å². The van der Waals surface area contributed by atoms with Gasteiger partial charge in [0.2, 0.25) is 0 Å². The number of nitrogens with zero attached hydrogens (tertiary/aromatic N) is 4. The van der Waals surface area contributed by atoms with Gasteiger partial charge in [0.1, 0.15) is 17.8 Å². The maximum atomic E-state index is 12.3. The summed E-state index contributed by atoms with van der Waals surface area (Å²) in [6.45, 7) is 1.94. The van der Waals surface area contributed by atoms with E-state index in [0.717, 1.165) is 22.4 Å². The zero-order valence-corrected chi connectivity index (χ0v) is 20.5. The fraction of sp³-hybridized carbons (Fsp3) is 0.120. The Morgan fingerprint density at radius 1 is 1.05 bits per heavy atom. The number of methoxy groups -OCH3 is 1. The molecule has 0 radical (unpaired) electrons. The Morgan fingerprint density at radius 3 is 2.46 bits per heavy atom. The van der Waals surface area contributed by atoms with Crippen LogP contribution in [0.25, 0.3) is 17.1 Å². The monoisotopic (exact) mass is 526 g/mol. The van der Waals surface area contributed by atoms with Gasteiger partial charge >= 0.3 is 6.36 Å². The molecule has 190 valence electrons. The van der Waals surface area contributed by atoms with E-state index in [0.29, 0.717) is 22.4 Å². The van der Waals surface area contributed by atoms with Crippen molar-refractivity contribution in [2.24, 2.45) is 5.10 Å². The van der Waals surface area contributed by atoms with Crippen LogP contribution in [-0.4, -0.2) is 39.6 Å². The number of para-hydroxylation sites is 1. The first-order chi connectivity index (χ1) is 17.7. The summed E-state index contributed by atoms with van der Waals surface area (Å²) in [5, 5.41) is 11.9. The van der Waals surface area contributed by atoms with Gasteiger partial charge in [-0.25, -0.2) is 9.67 Å². The summed E-state index contributed by atoms with van der Waals surface area (Å²) in [5.74, 6) is 0.817.